The first kappa shape index (κ1) is 13.2. The standard InChI is InChI=1S/C16H13IN2O/c17-12-4-6-13(7-5-12)19-10-11-3-8-15(20)16-14(11)2-1-9-18-16/h1-9,19-20H,10H2. The molecular formula is C16H13IN2O. The summed E-state index contributed by atoms with van der Waals surface area (Å²) in [6.45, 7) is 0.697. The summed E-state index contributed by atoms with van der Waals surface area (Å²) in [5.74, 6) is 0.221. The summed E-state index contributed by atoms with van der Waals surface area (Å²) < 4.78 is 1.22. The van der Waals surface area contributed by atoms with Gasteiger partial charge in [0.2, 0.25) is 0 Å². The third-order valence-corrected chi connectivity index (χ3v) is 3.89. The molecule has 100 valence electrons. The van der Waals surface area contributed by atoms with E-state index in [1.807, 2.05) is 18.2 Å². The number of aromatic nitrogens is 1. The van der Waals surface area contributed by atoms with E-state index in [4.69, 9.17) is 0 Å². The first-order chi connectivity index (χ1) is 9.74. The quantitative estimate of drug-likeness (QED) is 0.675. The summed E-state index contributed by atoms with van der Waals surface area (Å²) in [6.07, 6.45) is 1.69. The number of aromatic hydroxyl groups is 1. The topological polar surface area (TPSA) is 45.1 Å². The molecule has 0 atom stereocenters. The molecule has 3 rings (SSSR count). The van der Waals surface area contributed by atoms with Crippen molar-refractivity contribution in [1.29, 1.82) is 0 Å². The number of phenols is 1. The summed E-state index contributed by atoms with van der Waals surface area (Å²) in [7, 11) is 0. The molecule has 1 aromatic heterocycles. The maximum atomic E-state index is 9.83. The van der Waals surface area contributed by atoms with Gasteiger partial charge in [-0.2, -0.15) is 0 Å². The second kappa shape index (κ2) is 5.66. The Bertz CT molecular complexity index is 741. The molecule has 0 unspecified atom stereocenters. The van der Waals surface area contributed by atoms with E-state index in [0.717, 1.165) is 16.6 Å². The molecule has 20 heavy (non-hydrogen) atoms. The van der Waals surface area contributed by atoms with E-state index in [9.17, 15) is 5.11 Å². The highest BCUT2D eigenvalue weighted by Gasteiger charge is 2.05. The zero-order valence-corrected chi connectivity index (χ0v) is 12.8. The van der Waals surface area contributed by atoms with E-state index in [2.05, 4.69) is 57.2 Å². The normalized spacial score (nSPS) is 10.7. The van der Waals surface area contributed by atoms with Gasteiger partial charge in [-0.05, 0) is 64.6 Å². The van der Waals surface area contributed by atoms with E-state index in [0.29, 0.717) is 12.1 Å². The summed E-state index contributed by atoms with van der Waals surface area (Å²) in [5, 5.41) is 14.2. The number of hydrogen-bond donors (Lipinski definition) is 2. The zero-order valence-electron chi connectivity index (χ0n) is 10.7. The number of nitrogens with zero attached hydrogens (tertiary/aromatic N) is 1. The van der Waals surface area contributed by atoms with Gasteiger partial charge in [0.05, 0.1) is 0 Å². The van der Waals surface area contributed by atoms with Crippen LogP contribution in [-0.2, 0) is 6.54 Å². The molecule has 4 heteroatoms. The van der Waals surface area contributed by atoms with Gasteiger partial charge in [-0.25, -0.2) is 0 Å². The van der Waals surface area contributed by atoms with Crippen molar-refractivity contribution in [2.24, 2.45) is 0 Å². The molecule has 0 aliphatic carbocycles. The molecule has 0 bridgehead atoms. The Labute approximate surface area is 130 Å². The van der Waals surface area contributed by atoms with Crippen molar-refractivity contribution >= 4 is 39.2 Å². The monoisotopic (exact) mass is 376 g/mol. The van der Waals surface area contributed by atoms with Crippen LogP contribution in [0.5, 0.6) is 5.75 Å². The van der Waals surface area contributed by atoms with E-state index in [1.54, 1.807) is 12.3 Å². The van der Waals surface area contributed by atoms with Gasteiger partial charge in [0, 0.05) is 27.4 Å². The van der Waals surface area contributed by atoms with Crippen molar-refractivity contribution in [1.82, 2.24) is 4.98 Å². The van der Waals surface area contributed by atoms with Crippen molar-refractivity contribution in [2.45, 2.75) is 6.54 Å². The summed E-state index contributed by atoms with van der Waals surface area (Å²) in [6, 6.07) is 15.7. The molecule has 1 heterocycles. The maximum absolute atomic E-state index is 9.83. The Balaban J connectivity index is 1.88. The lowest BCUT2D eigenvalue weighted by molar-refractivity contribution is 0.480. The van der Waals surface area contributed by atoms with Crippen molar-refractivity contribution in [3.8, 4) is 5.75 Å². The molecule has 2 N–H and O–H groups in total. The van der Waals surface area contributed by atoms with Crippen LogP contribution in [0.3, 0.4) is 0 Å². The van der Waals surface area contributed by atoms with Crippen molar-refractivity contribution < 1.29 is 5.11 Å². The van der Waals surface area contributed by atoms with E-state index >= 15 is 0 Å². The van der Waals surface area contributed by atoms with E-state index < -0.39 is 0 Å². The molecular weight excluding hydrogens is 363 g/mol. The average Bonchev–Trinajstić information content (AvgIpc) is 2.49. The Kier molecular flexibility index (Phi) is 3.73. The van der Waals surface area contributed by atoms with Crippen LogP contribution in [0.2, 0.25) is 0 Å². The largest absolute Gasteiger partial charge is 0.506 e. The SMILES string of the molecule is Oc1ccc(CNc2ccc(I)cc2)c2cccnc12. The Morgan fingerprint density at radius 1 is 1.05 bits per heavy atom. The lowest BCUT2D eigenvalue weighted by atomic mass is 10.1. The maximum Gasteiger partial charge on any atom is 0.141 e. The van der Waals surface area contributed by atoms with E-state index in [1.165, 1.54) is 3.57 Å². The molecule has 0 amide bonds. The highest BCUT2D eigenvalue weighted by molar-refractivity contribution is 14.1. The van der Waals surface area contributed by atoms with Crippen molar-refractivity contribution in [2.75, 3.05) is 5.32 Å². The number of phenolic OH excluding ortho intramolecular Hbond substituents is 1. The minimum absolute atomic E-state index is 0.221. The smallest absolute Gasteiger partial charge is 0.141 e. The number of benzene rings is 2. The molecule has 0 spiro atoms. The Hall–Kier alpha value is -1.82. The minimum Gasteiger partial charge on any atom is -0.506 e. The van der Waals surface area contributed by atoms with E-state index in [-0.39, 0.29) is 5.75 Å². The second-order valence-corrected chi connectivity index (χ2v) is 5.75. The number of fused-ring (bicyclic) bond motifs is 1. The minimum atomic E-state index is 0.221. The third kappa shape index (κ3) is 2.70. The zero-order chi connectivity index (χ0) is 13.9. The van der Waals surface area contributed by atoms with Gasteiger partial charge in [-0.3, -0.25) is 4.98 Å². The van der Waals surface area contributed by atoms with Gasteiger partial charge in [-0.1, -0.05) is 12.1 Å². The lowest BCUT2D eigenvalue weighted by Gasteiger charge is -2.10. The first-order valence-corrected chi connectivity index (χ1v) is 7.37. The number of rotatable bonds is 3. The first-order valence-electron chi connectivity index (χ1n) is 6.29. The van der Waals surface area contributed by atoms with Gasteiger partial charge in [0.1, 0.15) is 11.3 Å². The van der Waals surface area contributed by atoms with Crippen LogP contribution < -0.4 is 5.32 Å². The average molecular weight is 376 g/mol. The highest BCUT2D eigenvalue weighted by atomic mass is 127. The molecule has 0 saturated carbocycles. The fourth-order valence-corrected chi connectivity index (χ4v) is 2.50. The third-order valence-electron chi connectivity index (χ3n) is 3.17. The molecule has 0 saturated heterocycles. The molecule has 0 aliphatic rings. The summed E-state index contributed by atoms with van der Waals surface area (Å²) >= 11 is 2.29. The molecule has 2 aromatic carbocycles. The summed E-state index contributed by atoms with van der Waals surface area (Å²) in [5.41, 5.74) is 2.84. The Morgan fingerprint density at radius 3 is 2.65 bits per heavy atom. The van der Waals surface area contributed by atoms with Gasteiger partial charge in [-0.15, -0.1) is 0 Å². The van der Waals surface area contributed by atoms with Crippen LogP contribution in [-0.4, -0.2) is 10.1 Å². The predicted molar refractivity (Wildman–Crippen MR) is 89.9 cm³/mol. The number of hydrogen-bond acceptors (Lipinski definition) is 3. The highest BCUT2D eigenvalue weighted by Crippen LogP contribution is 2.26. The molecule has 0 aliphatic heterocycles. The Morgan fingerprint density at radius 2 is 1.85 bits per heavy atom. The van der Waals surface area contributed by atoms with Crippen molar-refractivity contribution in [3.05, 3.63) is 63.9 Å². The fourth-order valence-electron chi connectivity index (χ4n) is 2.14. The predicted octanol–water partition coefficient (Wildman–Crippen LogP) is 4.16. The van der Waals surface area contributed by atoms with Crippen LogP contribution in [0.1, 0.15) is 5.56 Å². The molecule has 0 fully saturated rings. The van der Waals surface area contributed by atoms with Crippen LogP contribution in [0.15, 0.2) is 54.7 Å². The van der Waals surface area contributed by atoms with Crippen molar-refractivity contribution in [3.63, 3.8) is 0 Å². The van der Waals surface area contributed by atoms with Gasteiger partial charge in [0.25, 0.3) is 0 Å². The lowest BCUT2D eigenvalue weighted by Crippen LogP contribution is -2.00. The molecule has 3 aromatic rings. The second-order valence-electron chi connectivity index (χ2n) is 4.50. The van der Waals surface area contributed by atoms with Crippen LogP contribution >= 0.6 is 22.6 Å². The number of pyridine rings is 1. The number of halogens is 1. The van der Waals surface area contributed by atoms with Gasteiger partial charge < -0.3 is 10.4 Å². The summed E-state index contributed by atoms with van der Waals surface area (Å²) in [4.78, 5) is 4.23. The fraction of sp³-hybridized carbons (Fsp3) is 0.0625. The van der Waals surface area contributed by atoms with Crippen LogP contribution in [0.25, 0.3) is 10.9 Å². The van der Waals surface area contributed by atoms with Crippen LogP contribution in [0.4, 0.5) is 5.69 Å². The van der Waals surface area contributed by atoms with Crippen LogP contribution in [0, 0.1) is 3.57 Å². The van der Waals surface area contributed by atoms with Gasteiger partial charge in [0.15, 0.2) is 0 Å². The number of anilines is 1. The molecule has 0 radical (unpaired) electrons. The van der Waals surface area contributed by atoms with Gasteiger partial charge >= 0.3 is 0 Å². The molecule has 3 nitrogen and oxygen atoms in total. The number of nitrogens with one attached hydrogen (secondary N) is 1.